The molecule has 1 aliphatic heterocycles. The summed E-state index contributed by atoms with van der Waals surface area (Å²) in [6.45, 7) is 6.38. The Labute approximate surface area is 161 Å². The van der Waals surface area contributed by atoms with Gasteiger partial charge in [0.1, 0.15) is 5.75 Å². The van der Waals surface area contributed by atoms with Crippen molar-refractivity contribution in [3.63, 3.8) is 0 Å². The quantitative estimate of drug-likeness (QED) is 0.817. The van der Waals surface area contributed by atoms with Crippen molar-refractivity contribution < 1.29 is 9.53 Å². The van der Waals surface area contributed by atoms with E-state index in [1.807, 2.05) is 48.2 Å². The molecule has 1 N–H and O–H groups in total. The zero-order valence-electron chi connectivity index (χ0n) is 16.2. The topological polar surface area (TPSA) is 44.8 Å². The van der Waals surface area contributed by atoms with Crippen molar-refractivity contribution in [3.05, 3.63) is 65.7 Å². The van der Waals surface area contributed by atoms with Crippen LogP contribution in [-0.4, -0.2) is 55.5 Å². The van der Waals surface area contributed by atoms with E-state index in [4.69, 9.17) is 4.74 Å². The normalized spacial score (nSPS) is 17.5. The Morgan fingerprint density at radius 3 is 2.67 bits per heavy atom. The number of para-hydroxylation sites is 1. The molecule has 144 valence electrons. The van der Waals surface area contributed by atoms with Crippen molar-refractivity contribution in [1.82, 2.24) is 15.1 Å². The van der Waals surface area contributed by atoms with Crippen molar-refractivity contribution in [3.8, 4) is 5.75 Å². The molecule has 5 nitrogen and oxygen atoms in total. The molecule has 1 unspecified atom stereocenters. The third-order valence-electron chi connectivity index (χ3n) is 5.14. The number of rotatable bonds is 7. The summed E-state index contributed by atoms with van der Waals surface area (Å²) in [5.74, 6) is 1.04. The van der Waals surface area contributed by atoms with Crippen molar-refractivity contribution in [1.29, 1.82) is 0 Å². The van der Waals surface area contributed by atoms with E-state index >= 15 is 0 Å². The molecule has 2 aromatic carbocycles. The molecule has 0 aromatic heterocycles. The number of nitrogens with zero attached hydrogens (tertiary/aromatic N) is 2. The van der Waals surface area contributed by atoms with Gasteiger partial charge in [0, 0.05) is 38.3 Å². The maximum absolute atomic E-state index is 13.0. The fraction of sp³-hybridized carbons (Fsp3) is 0.409. The smallest absolute Gasteiger partial charge is 0.237 e. The molecule has 0 radical (unpaired) electrons. The summed E-state index contributed by atoms with van der Waals surface area (Å²) in [5.41, 5.74) is 2.29. The number of methoxy groups -OCH3 is 1. The lowest BCUT2D eigenvalue weighted by molar-refractivity contribution is -0.133. The second-order valence-corrected chi connectivity index (χ2v) is 6.83. The van der Waals surface area contributed by atoms with Crippen LogP contribution >= 0.6 is 0 Å². The van der Waals surface area contributed by atoms with E-state index in [0.29, 0.717) is 19.6 Å². The van der Waals surface area contributed by atoms with E-state index in [9.17, 15) is 4.79 Å². The Hall–Kier alpha value is -2.37. The molecule has 1 fully saturated rings. The van der Waals surface area contributed by atoms with Crippen molar-refractivity contribution in [2.24, 2.45) is 0 Å². The van der Waals surface area contributed by atoms with Gasteiger partial charge in [0.15, 0.2) is 0 Å². The number of nitrogens with one attached hydrogen (secondary N) is 1. The molecule has 0 bridgehead atoms. The molecule has 0 spiro atoms. The number of likely N-dealkylation sites (N-methyl/N-ethyl adjacent to an activating group) is 1. The van der Waals surface area contributed by atoms with Gasteiger partial charge in [-0.1, -0.05) is 48.5 Å². The van der Waals surface area contributed by atoms with Gasteiger partial charge in [-0.25, -0.2) is 0 Å². The highest BCUT2D eigenvalue weighted by molar-refractivity contribution is 5.78. The number of carbonyl (C=O) groups excluding carboxylic acids is 1. The summed E-state index contributed by atoms with van der Waals surface area (Å²) < 4.78 is 5.55. The van der Waals surface area contributed by atoms with E-state index in [-0.39, 0.29) is 11.9 Å². The second-order valence-electron chi connectivity index (χ2n) is 6.83. The number of benzene rings is 2. The summed E-state index contributed by atoms with van der Waals surface area (Å²) in [6, 6.07) is 18.4. The fourth-order valence-corrected chi connectivity index (χ4v) is 3.64. The summed E-state index contributed by atoms with van der Waals surface area (Å²) in [4.78, 5) is 17.2. The number of hydrogen-bond donors (Lipinski definition) is 1. The van der Waals surface area contributed by atoms with E-state index in [1.54, 1.807) is 7.11 Å². The molecule has 1 amide bonds. The minimum absolute atomic E-state index is 0.134. The predicted octanol–water partition coefficient (Wildman–Crippen LogP) is 2.69. The highest BCUT2D eigenvalue weighted by Crippen LogP contribution is 2.30. The van der Waals surface area contributed by atoms with Gasteiger partial charge in [0.25, 0.3) is 0 Å². The van der Waals surface area contributed by atoms with Crippen LogP contribution in [0.2, 0.25) is 0 Å². The van der Waals surface area contributed by atoms with Crippen LogP contribution in [0.5, 0.6) is 5.75 Å². The highest BCUT2D eigenvalue weighted by atomic mass is 16.5. The first-order valence-corrected chi connectivity index (χ1v) is 9.62. The molecule has 5 heteroatoms. The molecule has 2 aromatic rings. The SMILES string of the molecule is CCN(Cc1ccccc1)C(=O)CN1CCNCC1c1ccccc1OC. The van der Waals surface area contributed by atoms with Crippen LogP contribution < -0.4 is 10.1 Å². The average Bonchev–Trinajstić information content (AvgIpc) is 2.73. The molecule has 0 saturated carbocycles. The standard InChI is InChI=1S/C22H29N3O2/c1-3-24(16-18-9-5-4-6-10-18)22(26)17-25-14-13-23-15-20(25)19-11-7-8-12-21(19)27-2/h4-12,20,23H,3,13-17H2,1-2H3. The molecule has 1 atom stereocenters. The maximum Gasteiger partial charge on any atom is 0.237 e. The Morgan fingerprint density at radius 1 is 1.19 bits per heavy atom. The van der Waals surface area contributed by atoms with Crippen LogP contribution in [0.1, 0.15) is 24.1 Å². The number of hydrogen-bond acceptors (Lipinski definition) is 4. The number of ether oxygens (including phenoxy) is 1. The van der Waals surface area contributed by atoms with Gasteiger partial charge in [0.05, 0.1) is 19.7 Å². The molecule has 0 aliphatic carbocycles. The van der Waals surface area contributed by atoms with Gasteiger partial charge in [-0.2, -0.15) is 0 Å². The van der Waals surface area contributed by atoms with Gasteiger partial charge in [-0.15, -0.1) is 0 Å². The molecule has 3 rings (SSSR count). The minimum atomic E-state index is 0.134. The maximum atomic E-state index is 13.0. The van der Waals surface area contributed by atoms with E-state index in [2.05, 4.69) is 28.4 Å². The van der Waals surface area contributed by atoms with Gasteiger partial charge < -0.3 is 15.0 Å². The average molecular weight is 367 g/mol. The summed E-state index contributed by atoms with van der Waals surface area (Å²) in [7, 11) is 1.70. The van der Waals surface area contributed by atoms with Crippen molar-refractivity contribution >= 4 is 5.91 Å². The Morgan fingerprint density at radius 2 is 1.93 bits per heavy atom. The zero-order chi connectivity index (χ0) is 19.1. The molecule has 27 heavy (non-hydrogen) atoms. The summed E-state index contributed by atoms with van der Waals surface area (Å²) >= 11 is 0. The van der Waals surface area contributed by atoms with E-state index in [1.165, 1.54) is 0 Å². The highest BCUT2D eigenvalue weighted by Gasteiger charge is 2.28. The Kier molecular flexibility index (Phi) is 6.85. The lowest BCUT2D eigenvalue weighted by atomic mass is 10.0. The number of carbonyl (C=O) groups is 1. The lowest BCUT2D eigenvalue weighted by Gasteiger charge is -2.37. The Bertz CT molecular complexity index is 735. The number of piperazine rings is 1. The van der Waals surface area contributed by atoms with Gasteiger partial charge in [-0.05, 0) is 18.6 Å². The summed E-state index contributed by atoms with van der Waals surface area (Å²) in [6.07, 6.45) is 0. The van der Waals surface area contributed by atoms with Crippen LogP contribution in [-0.2, 0) is 11.3 Å². The molecule has 1 aliphatic rings. The van der Waals surface area contributed by atoms with Crippen LogP contribution in [0.25, 0.3) is 0 Å². The third kappa shape index (κ3) is 4.87. The van der Waals surface area contributed by atoms with Crippen LogP contribution in [0.3, 0.4) is 0 Å². The van der Waals surface area contributed by atoms with E-state index in [0.717, 1.165) is 36.5 Å². The van der Waals surface area contributed by atoms with Crippen LogP contribution in [0, 0.1) is 0 Å². The van der Waals surface area contributed by atoms with Crippen molar-refractivity contribution in [2.75, 3.05) is 39.8 Å². The van der Waals surface area contributed by atoms with Crippen LogP contribution in [0.15, 0.2) is 54.6 Å². The van der Waals surface area contributed by atoms with Gasteiger partial charge in [0.2, 0.25) is 5.91 Å². The fourth-order valence-electron chi connectivity index (χ4n) is 3.64. The van der Waals surface area contributed by atoms with Crippen molar-refractivity contribution in [2.45, 2.75) is 19.5 Å². The predicted molar refractivity (Wildman–Crippen MR) is 108 cm³/mol. The van der Waals surface area contributed by atoms with Gasteiger partial charge in [-0.3, -0.25) is 9.69 Å². The number of amides is 1. The first kappa shape index (κ1) is 19.4. The summed E-state index contributed by atoms with van der Waals surface area (Å²) in [5, 5.41) is 3.45. The monoisotopic (exact) mass is 367 g/mol. The zero-order valence-corrected chi connectivity index (χ0v) is 16.2. The van der Waals surface area contributed by atoms with Gasteiger partial charge >= 0.3 is 0 Å². The second kappa shape index (κ2) is 9.53. The molecular weight excluding hydrogens is 338 g/mol. The van der Waals surface area contributed by atoms with E-state index < -0.39 is 0 Å². The first-order valence-electron chi connectivity index (χ1n) is 9.62. The molecule has 1 heterocycles. The first-order chi connectivity index (χ1) is 13.2. The van der Waals surface area contributed by atoms with Crippen LogP contribution in [0.4, 0.5) is 0 Å². The molecule has 1 saturated heterocycles. The third-order valence-corrected chi connectivity index (χ3v) is 5.14. The minimum Gasteiger partial charge on any atom is -0.496 e. The Balaban J connectivity index is 1.72. The molecular formula is C22H29N3O2. The largest absolute Gasteiger partial charge is 0.496 e. The lowest BCUT2D eigenvalue weighted by Crippen LogP contribution is -2.50.